The molecule has 3 atom stereocenters. The predicted molar refractivity (Wildman–Crippen MR) is 116 cm³/mol. The van der Waals surface area contributed by atoms with Crippen LogP contribution in [0.25, 0.3) is 0 Å². The molecule has 0 aliphatic carbocycles. The molecule has 0 spiro atoms. The number of rotatable bonds is 18. The lowest BCUT2D eigenvalue weighted by Gasteiger charge is -2.16. The summed E-state index contributed by atoms with van der Waals surface area (Å²) in [5, 5.41) is 0. The van der Waals surface area contributed by atoms with Gasteiger partial charge in [0.15, 0.2) is 0 Å². The lowest BCUT2D eigenvalue weighted by Crippen LogP contribution is -2.19. The van der Waals surface area contributed by atoms with Gasteiger partial charge in [0.1, 0.15) is 6.10 Å². The van der Waals surface area contributed by atoms with Crippen LogP contribution >= 0.6 is 0 Å². The molecular formula is C24H44O5. The second-order valence-electron chi connectivity index (χ2n) is 8.91. The minimum atomic E-state index is -0.184. The van der Waals surface area contributed by atoms with Crippen LogP contribution in [0.5, 0.6) is 0 Å². The van der Waals surface area contributed by atoms with E-state index in [-0.39, 0.29) is 24.1 Å². The molecule has 0 N–H and O–H groups in total. The molecule has 1 heterocycles. The molecule has 29 heavy (non-hydrogen) atoms. The zero-order valence-corrected chi connectivity index (χ0v) is 19.3. The summed E-state index contributed by atoms with van der Waals surface area (Å²) >= 11 is 0. The maximum absolute atomic E-state index is 11.6. The highest BCUT2D eigenvalue weighted by atomic mass is 16.6. The normalized spacial score (nSPS) is 19.2. The van der Waals surface area contributed by atoms with E-state index < -0.39 is 0 Å². The first kappa shape index (κ1) is 25.9. The Morgan fingerprint density at radius 2 is 1.62 bits per heavy atom. The Morgan fingerprint density at radius 1 is 0.931 bits per heavy atom. The van der Waals surface area contributed by atoms with Gasteiger partial charge in [-0.1, -0.05) is 65.7 Å². The standard InChI is InChI=1S/C24H44O5/c1-5-6-7-11-14-21(28-20(4)25)17-23-22(29-23)15-12-9-8-10-13-16-24(26)27-18-19(2)3/h19,21-23H,5-18H2,1-4H3. The molecule has 0 amide bonds. The van der Waals surface area contributed by atoms with Crippen molar-refractivity contribution in [2.24, 2.45) is 5.92 Å². The van der Waals surface area contributed by atoms with Gasteiger partial charge in [0.05, 0.1) is 18.8 Å². The molecule has 1 aliphatic heterocycles. The molecule has 1 saturated heterocycles. The Labute approximate surface area is 178 Å². The predicted octanol–water partition coefficient (Wildman–Crippen LogP) is 5.98. The van der Waals surface area contributed by atoms with Gasteiger partial charge in [0, 0.05) is 19.8 Å². The highest BCUT2D eigenvalue weighted by Crippen LogP contribution is 2.33. The Morgan fingerprint density at radius 3 is 2.31 bits per heavy atom. The van der Waals surface area contributed by atoms with Gasteiger partial charge in [-0.2, -0.15) is 0 Å². The smallest absolute Gasteiger partial charge is 0.305 e. The van der Waals surface area contributed by atoms with E-state index in [0.717, 1.165) is 51.4 Å². The molecule has 5 heteroatoms. The molecule has 0 aromatic heterocycles. The van der Waals surface area contributed by atoms with Crippen LogP contribution in [-0.2, 0) is 23.8 Å². The second-order valence-corrected chi connectivity index (χ2v) is 8.91. The second kappa shape index (κ2) is 15.7. The molecule has 3 unspecified atom stereocenters. The van der Waals surface area contributed by atoms with E-state index in [9.17, 15) is 9.59 Å². The van der Waals surface area contributed by atoms with Crippen LogP contribution in [0.1, 0.15) is 111 Å². The van der Waals surface area contributed by atoms with Gasteiger partial charge in [0.2, 0.25) is 0 Å². The first-order valence-corrected chi connectivity index (χ1v) is 11.9. The Kier molecular flexibility index (Phi) is 14.0. The van der Waals surface area contributed by atoms with Crippen molar-refractivity contribution < 1.29 is 23.8 Å². The van der Waals surface area contributed by atoms with E-state index in [0.29, 0.717) is 25.0 Å². The van der Waals surface area contributed by atoms with Gasteiger partial charge in [-0.25, -0.2) is 0 Å². The number of carbonyl (C=O) groups is 2. The highest BCUT2D eigenvalue weighted by Gasteiger charge is 2.40. The topological polar surface area (TPSA) is 65.1 Å². The third-order valence-electron chi connectivity index (χ3n) is 5.34. The molecule has 5 nitrogen and oxygen atoms in total. The number of ether oxygens (including phenoxy) is 3. The SMILES string of the molecule is CCCCCCC(CC1OC1CCCCCCCC(=O)OCC(C)C)OC(C)=O. The maximum atomic E-state index is 11.6. The minimum absolute atomic E-state index is 0.00908. The van der Waals surface area contributed by atoms with Crippen molar-refractivity contribution in [2.75, 3.05) is 6.61 Å². The van der Waals surface area contributed by atoms with E-state index in [4.69, 9.17) is 14.2 Å². The zero-order valence-electron chi connectivity index (χ0n) is 19.3. The lowest BCUT2D eigenvalue weighted by atomic mass is 10.0. The van der Waals surface area contributed by atoms with Gasteiger partial charge < -0.3 is 14.2 Å². The quantitative estimate of drug-likeness (QED) is 0.157. The third-order valence-corrected chi connectivity index (χ3v) is 5.34. The van der Waals surface area contributed by atoms with Gasteiger partial charge in [-0.05, 0) is 31.6 Å². The van der Waals surface area contributed by atoms with Crippen LogP contribution in [0.15, 0.2) is 0 Å². The van der Waals surface area contributed by atoms with Crippen LogP contribution in [-0.4, -0.2) is 36.9 Å². The average Bonchev–Trinajstić information content (AvgIpc) is 3.39. The van der Waals surface area contributed by atoms with Crippen molar-refractivity contribution in [3.63, 3.8) is 0 Å². The third kappa shape index (κ3) is 14.5. The van der Waals surface area contributed by atoms with Crippen LogP contribution in [0.2, 0.25) is 0 Å². The molecule has 1 fully saturated rings. The Balaban J connectivity index is 2.02. The fraction of sp³-hybridized carbons (Fsp3) is 0.917. The van der Waals surface area contributed by atoms with Crippen molar-refractivity contribution >= 4 is 11.9 Å². The fourth-order valence-electron chi connectivity index (χ4n) is 3.63. The summed E-state index contributed by atoms with van der Waals surface area (Å²) in [5.41, 5.74) is 0. The summed E-state index contributed by atoms with van der Waals surface area (Å²) in [6, 6.07) is 0. The largest absolute Gasteiger partial charge is 0.465 e. The zero-order chi connectivity index (χ0) is 21.5. The highest BCUT2D eigenvalue weighted by molar-refractivity contribution is 5.69. The minimum Gasteiger partial charge on any atom is -0.465 e. The number of carbonyl (C=O) groups excluding carboxylic acids is 2. The average molecular weight is 413 g/mol. The lowest BCUT2D eigenvalue weighted by molar-refractivity contribution is -0.147. The molecule has 170 valence electrons. The molecular weight excluding hydrogens is 368 g/mol. The van der Waals surface area contributed by atoms with E-state index in [1.165, 1.54) is 32.6 Å². The van der Waals surface area contributed by atoms with Crippen molar-refractivity contribution in [3.05, 3.63) is 0 Å². The van der Waals surface area contributed by atoms with Crippen molar-refractivity contribution in [1.29, 1.82) is 0 Å². The van der Waals surface area contributed by atoms with Crippen LogP contribution < -0.4 is 0 Å². The summed E-state index contributed by atoms with van der Waals surface area (Å²) in [6.45, 7) is 8.32. The molecule has 0 aromatic rings. The van der Waals surface area contributed by atoms with Crippen LogP contribution in [0.4, 0.5) is 0 Å². The molecule has 1 aliphatic rings. The number of unbranched alkanes of at least 4 members (excludes halogenated alkanes) is 7. The number of hydrogen-bond donors (Lipinski definition) is 0. The van der Waals surface area contributed by atoms with Crippen LogP contribution in [0.3, 0.4) is 0 Å². The van der Waals surface area contributed by atoms with Crippen molar-refractivity contribution in [2.45, 2.75) is 129 Å². The van der Waals surface area contributed by atoms with Gasteiger partial charge >= 0.3 is 11.9 Å². The summed E-state index contributed by atoms with van der Waals surface area (Å²) in [4.78, 5) is 22.9. The fourth-order valence-corrected chi connectivity index (χ4v) is 3.63. The summed E-state index contributed by atoms with van der Waals surface area (Å²) in [5.74, 6) is 0.151. The summed E-state index contributed by atoms with van der Waals surface area (Å²) < 4.78 is 16.5. The Hall–Kier alpha value is -1.10. The number of hydrogen-bond acceptors (Lipinski definition) is 5. The molecule has 0 aromatic carbocycles. The first-order chi connectivity index (χ1) is 13.9. The van der Waals surface area contributed by atoms with Crippen molar-refractivity contribution in [1.82, 2.24) is 0 Å². The summed E-state index contributed by atoms with van der Waals surface area (Å²) in [7, 11) is 0. The van der Waals surface area contributed by atoms with Crippen molar-refractivity contribution in [3.8, 4) is 0 Å². The van der Waals surface area contributed by atoms with E-state index in [2.05, 4.69) is 6.92 Å². The van der Waals surface area contributed by atoms with Gasteiger partial charge in [-0.3, -0.25) is 9.59 Å². The van der Waals surface area contributed by atoms with E-state index in [1.807, 2.05) is 13.8 Å². The first-order valence-electron chi connectivity index (χ1n) is 11.9. The van der Waals surface area contributed by atoms with Gasteiger partial charge in [-0.15, -0.1) is 0 Å². The Bertz CT molecular complexity index is 449. The molecule has 0 bridgehead atoms. The molecule has 0 radical (unpaired) electrons. The van der Waals surface area contributed by atoms with E-state index in [1.54, 1.807) is 0 Å². The van der Waals surface area contributed by atoms with E-state index >= 15 is 0 Å². The number of epoxide rings is 1. The summed E-state index contributed by atoms with van der Waals surface area (Å²) in [6.07, 6.45) is 14.3. The van der Waals surface area contributed by atoms with Gasteiger partial charge in [0.25, 0.3) is 0 Å². The monoisotopic (exact) mass is 412 g/mol. The molecule has 1 rings (SSSR count). The number of esters is 2. The van der Waals surface area contributed by atoms with Crippen LogP contribution in [0, 0.1) is 5.92 Å². The maximum Gasteiger partial charge on any atom is 0.305 e. The molecule has 0 saturated carbocycles.